The van der Waals surface area contributed by atoms with Gasteiger partial charge >= 0.3 is 12.0 Å². The number of carboxylic acids is 1. The molecule has 0 aliphatic carbocycles. The lowest BCUT2D eigenvalue weighted by Crippen LogP contribution is -2.50. The van der Waals surface area contributed by atoms with E-state index in [2.05, 4.69) is 5.32 Å². The van der Waals surface area contributed by atoms with Crippen LogP contribution < -0.4 is 5.32 Å². The van der Waals surface area contributed by atoms with Crippen LogP contribution in [0.5, 0.6) is 0 Å². The molecule has 0 radical (unpaired) electrons. The van der Waals surface area contributed by atoms with E-state index in [1.807, 2.05) is 4.90 Å². The van der Waals surface area contributed by atoms with Crippen molar-refractivity contribution < 1.29 is 19.5 Å². The van der Waals surface area contributed by atoms with Crippen LogP contribution >= 0.6 is 11.8 Å². The Morgan fingerprint density at radius 2 is 2.15 bits per heavy atom. The number of carbonyl (C=O) groups excluding carboxylic acids is 2. The Kier molecular flexibility index (Phi) is 4.24. The summed E-state index contributed by atoms with van der Waals surface area (Å²) in [7, 11) is 0. The summed E-state index contributed by atoms with van der Waals surface area (Å²) in [6.07, 6.45) is 0. The molecule has 0 saturated carbocycles. The SMILES string of the molecule is CC1(C)NC(=O)N(CCN2CCSCC2C(=O)O)C1=O. The minimum Gasteiger partial charge on any atom is -0.480 e. The van der Waals surface area contributed by atoms with Crippen LogP contribution in [-0.4, -0.2) is 75.5 Å². The highest BCUT2D eigenvalue weighted by Gasteiger charge is 2.44. The van der Waals surface area contributed by atoms with Crippen LogP contribution in [0.4, 0.5) is 4.79 Å². The van der Waals surface area contributed by atoms with Crippen LogP contribution in [-0.2, 0) is 9.59 Å². The number of carboxylic acid groups (broad SMARTS) is 1. The van der Waals surface area contributed by atoms with E-state index in [0.717, 1.165) is 5.75 Å². The molecule has 2 fully saturated rings. The van der Waals surface area contributed by atoms with Gasteiger partial charge < -0.3 is 10.4 Å². The smallest absolute Gasteiger partial charge is 0.325 e. The zero-order valence-corrected chi connectivity index (χ0v) is 12.4. The van der Waals surface area contributed by atoms with Gasteiger partial charge in [0.15, 0.2) is 0 Å². The molecule has 2 rings (SSSR count). The van der Waals surface area contributed by atoms with Gasteiger partial charge in [-0.3, -0.25) is 19.4 Å². The maximum Gasteiger partial charge on any atom is 0.325 e. The molecule has 0 aromatic rings. The Labute approximate surface area is 121 Å². The first-order chi connectivity index (χ1) is 9.33. The van der Waals surface area contributed by atoms with Crippen LogP contribution in [0.3, 0.4) is 0 Å². The number of amides is 3. The molecule has 20 heavy (non-hydrogen) atoms. The summed E-state index contributed by atoms with van der Waals surface area (Å²) in [4.78, 5) is 37.9. The van der Waals surface area contributed by atoms with Gasteiger partial charge in [-0.05, 0) is 13.8 Å². The van der Waals surface area contributed by atoms with Crippen LogP contribution in [0.1, 0.15) is 13.8 Å². The van der Waals surface area contributed by atoms with E-state index in [9.17, 15) is 19.5 Å². The molecule has 2 N–H and O–H groups in total. The normalized spacial score (nSPS) is 26.7. The lowest BCUT2D eigenvalue weighted by Gasteiger charge is -2.33. The highest BCUT2D eigenvalue weighted by molar-refractivity contribution is 7.99. The van der Waals surface area contributed by atoms with Crippen molar-refractivity contribution in [3.05, 3.63) is 0 Å². The standard InChI is InChI=1S/C12H19N3O4S/c1-12(2)10(18)15(11(19)13-12)4-3-14-5-6-20-7-8(14)9(16)17/h8H,3-7H2,1-2H3,(H,13,19)(H,16,17). The molecule has 1 atom stereocenters. The zero-order valence-electron chi connectivity index (χ0n) is 11.6. The summed E-state index contributed by atoms with van der Waals surface area (Å²) in [5.41, 5.74) is -0.874. The van der Waals surface area contributed by atoms with Gasteiger partial charge in [0.2, 0.25) is 0 Å². The molecule has 112 valence electrons. The number of hydrogen-bond acceptors (Lipinski definition) is 5. The van der Waals surface area contributed by atoms with E-state index < -0.39 is 23.6 Å². The maximum absolute atomic E-state index is 12.0. The van der Waals surface area contributed by atoms with E-state index in [4.69, 9.17) is 0 Å². The van der Waals surface area contributed by atoms with E-state index in [0.29, 0.717) is 18.8 Å². The van der Waals surface area contributed by atoms with Crippen LogP contribution in [0.15, 0.2) is 0 Å². The summed E-state index contributed by atoms with van der Waals surface area (Å²) in [5, 5.41) is 11.8. The Balaban J connectivity index is 1.96. The number of imide groups is 1. The summed E-state index contributed by atoms with van der Waals surface area (Å²) in [6.45, 7) is 4.60. The fourth-order valence-corrected chi connectivity index (χ4v) is 3.49. The van der Waals surface area contributed by atoms with E-state index in [-0.39, 0.29) is 12.5 Å². The predicted octanol–water partition coefficient (Wildman–Crippen LogP) is -0.181. The van der Waals surface area contributed by atoms with Crippen LogP contribution in [0.2, 0.25) is 0 Å². The van der Waals surface area contributed by atoms with Crippen molar-refractivity contribution in [2.75, 3.05) is 31.1 Å². The van der Waals surface area contributed by atoms with Crippen molar-refractivity contribution in [1.82, 2.24) is 15.1 Å². The largest absolute Gasteiger partial charge is 0.480 e. The number of thioether (sulfide) groups is 1. The average molecular weight is 301 g/mol. The average Bonchev–Trinajstić information content (AvgIpc) is 2.57. The second-order valence-electron chi connectivity index (χ2n) is 5.48. The zero-order chi connectivity index (χ0) is 14.9. The Bertz CT molecular complexity index is 440. The van der Waals surface area contributed by atoms with Gasteiger partial charge in [0.25, 0.3) is 5.91 Å². The molecule has 0 aromatic heterocycles. The lowest BCUT2D eigenvalue weighted by atomic mass is 10.1. The second kappa shape index (κ2) is 5.61. The number of hydrogen-bond donors (Lipinski definition) is 2. The molecular weight excluding hydrogens is 282 g/mol. The quantitative estimate of drug-likeness (QED) is 0.700. The third-order valence-electron chi connectivity index (χ3n) is 3.58. The molecule has 0 spiro atoms. The van der Waals surface area contributed by atoms with E-state index in [1.54, 1.807) is 25.6 Å². The third-order valence-corrected chi connectivity index (χ3v) is 4.60. The molecule has 3 amide bonds. The van der Waals surface area contributed by atoms with Crippen molar-refractivity contribution in [2.45, 2.75) is 25.4 Å². The summed E-state index contributed by atoms with van der Waals surface area (Å²) in [5.74, 6) is 0.298. The Morgan fingerprint density at radius 3 is 2.70 bits per heavy atom. The van der Waals surface area contributed by atoms with Gasteiger partial charge in [-0.25, -0.2) is 4.79 Å². The minimum absolute atomic E-state index is 0.225. The Morgan fingerprint density at radius 1 is 1.45 bits per heavy atom. The molecule has 2 aliphatic rings. The third kappa shape index (κ3) is 2.90. The van der Waals surface area contributed by atoms with Gasteiger partial charge in [0.05, 0.1) is 0 Å². The molecule has 0 aromatic carbocycles. The number of carbonyl (C=O) groups is 3. The molecule has 0 bridgehead atoms. The van der Waals surface area contributed by atoms with Crippen molar-refractivity contribution in [3.63, 3.8) is 0 Å². The Hall–Kier alpha value is -1.28. The summed E-state index contributed by atoms with van der Waals surface area (Å²) in [6, 6.07) is -0.944. The first-order valence-electron chi connectivity index (χ1n) is 6.51. The van der Waals surface area contributed by atoms with Gasteiger partial charge in [-0.1, -0.05) is 0 Å². The van der Waals surface area contributed by atoms with Gasteiger partial charge in [-0.15, -0.1) is 0 Å². The summed E-state index contributed by atoms with van der Waals surface area (Å²) < 4.78 is 0. The number of aliphatic carboxylic acids is 1. The highest BCUT2D eigenvalue weighted by Crippen LogP contribution is 2.19. The molecular formula is C12H19N3O4S. The first kappa shape index (κ1) is 15.1. The number of nitrogens with zero attached hydrogens (tertiary/aromatic N) is 2. The maximum atomic E-state index is 12.0. The van der Waals surface area contributed by atoms with Crippen LogP contribution in [0, 0.1) is 0 Å². The molecule has 2 heterocycles. The fourth-order valence-electron chi connectivity index (χ4n) is 2.38. The highest BCUT2D eigenvalue weighted by atomic mass is 32.2. The first-order valence-corrected chi connectivity index (χ1v) is 7.67. The van der Waals surface area contributed by atoms with E-state index in [1.165, 1.54) is 4.90 Å². The second-order valence-corrected chi connectivity index (χ2v) is 6.63. The van der Waals surface area contributed by atoms with Crippen molar-refractivity contribution >= 4 is 29.7 Å². The van der Waals surface area contributed by atoms with Gasteiger partial charge in [0.1, 0.15) is 11.6 Å². The molecule has 2 aliphatic heterocycles. The fraction of sp³-hybridized carbons (Fsp3) is 0.750. The lowest BCUT2D eigenvalue weighted by molar-refractivity contribution is -0.142. The molecule has 8 heteroatoms. The van der Waals surface area contributed by atoms with Gasteiger partial charge in [0, 0.05) is 31.1 Å². The topological polar surface area (TPSA) is 90.0 Å². The number of rotatable bonds is 4. The van der Waals surface area contributed by atoms with Crippen molar-refractivity contribution in [2.24, 2.45) is 0 Å². The van der Waals surface area contributed by atoms with Crippen molar-refractivity contribution in [3.8, 4) is 0 Å². The summed E-state index contributed by atoms with van der Waals surface area (Å²) >= 11 is 1.61. The monoisotopic (exact) mass is 301 g/mol. The molecule has 2 saturated heterocycles. The molecule has 7 nitrogen and oxygen atoms in total. The molecule has 1 unspecified atom stereocenters. The number of nitrogens with one attached hydrogen (secondary N) is 1. The van der Waals surface area contributed by atoms with E-state index >= 15 is 0 Å². The predicted molar refractivity (Wildman–Crippen MR) is 74.6 cm³/mol. The van der Waals surface area contributed by atoms with Crippen molar-refractivity contribution in [1.29, 1.82) is 0 Å². The number of urea groups is 1. The van der Waals surface area contributed by atoms with Gasteiger partial charge in [-0.2, -0.15) is 11.8 Å². The van der Waals surface area contributed by atoms with Crippen LogP contribution in [0.25, 0.3) is 0 Å². The minimum atomic E-state index is -0.874.